The second-order valence-electron chi connectivity index (χ2n) is 6.65. The zero-order valence-electron chi connectivity index (χ0n) is 15.0. The summed E-state index contributed by atoms with van der Waals surface area (Å²) in [5, 5.41) is 0.710. The number of hydrogen-bond acceptors (Lipinski definition) is 4. The number of hydrogen-bond donors (Lipinski definition) is 0. The fourth-order valence-corrected chi connectivity index (χ4v) is 3.86. The van der Waals surface area contributed by atoms with Crippen LogP contribution in [-0.4, -0.2) is 41.6 Å². The van der Waals surface area contributed by atoms with Crippen LogP contribution >= 0.6 is 11.6 Å². The van der Waals surface area contributed by atoms with Gasteiger partial charge in [-0.2, -0.15) is 0 Å². The number of carbonyl (C=O) groups excluding carboxylic acids is 1. The Morgan fingerprint density at radius 3 is 2.44 bits per heavy atom. The molecule has 1 saturated heterocycles. The van der Waals surface area contributed by atoms with Crippen LogP contribution in [0.25, 0.3) is 11.1 Å². The average Bonchev–Trinajstić information content (AvgIpc) is 3.03. The summed E-state index contributed by atoms with van der Waals surface area (Å²) in [7, 11) is 0. The van der Waals surface area contributed by atoms with Crippen molar-refractivity contribution < 1.29 is 9.21 Å². The second-order valence-corrected chi connectivity index (χ2v) is 7.05. The lowest BCUT2D eigenvalue weighted by Gasteiger charge is -2.37. The molecule has 0 spiro atoms. The molecular weight excluding hydrogens is 366 g/mol. The Morgan fingerprint density at radius 1 is 1.04 bits per heavy atom. The van der Waals surface area contributed by atoms with E-state index in [9.17, 15) is 9.59 Å². The smallest absolute Gasteiger partial charge is 0.408 e. The van der Waals surface area contributed by atoms with Gasteiger partial charge in [0.15, 0.2) is 5.58 Å². The number of piperazine rings is 1. The zero-order chi connectivity index (χ0) is 19.0. The molecule has 1 amide bonds. The van der Waals surface area contributed by atoms with Gasteiger partial charge in [0.05, 0.1) is 16.2 Å². The van der Waals surface area contributed by atoms with Crippen LogP contribution in [0.2, 0.25) is 5.02 Å². The number of halogens is 1. The number of fused-ring (bicyclic) bond motifs is 1. The molecule has 1 fully saturated rings. The van der Waals surface area contributed by atoms with Crippen molar-refractivity contribution in [1.29, 1.82) is 0 Å². The number of nitrogens with zero attached hydrogens (tertiary/aromatic N) is 3. The molecule has 4 rings (SSSR count). The molecule has 0 bridgehead atoms. The molecule has 3 aromatic rings. The van der Waals surface area contributed by atoms with Gasteiger partial charge in [0.2, 0.25) is 5.91 Å². The first-order valence-corrected chi connectivity index (χ1v) is 9.32. The Hall–Kier alpha value is -2.73. The van der Waals surface area contributed by atoms with Crippen molar-refractivity contribution in [2.24, 2.45) is 0 Å². The van der Waals surface area contributed by atoms with E-state index in [1.807, 2.05) is 30.3 Å². The normalized spacial score (nSPS) is 15.9. The van der Waals surface area contributed by atoms with Gasteiger partial charge in [-0.3, -0.25) is 9.36 Å². The summed E-state index contributed by atoms with van der Waals surface area (Å²) in [4.78, 5) is 29.2. The van der Waals surface area contributed by atoms with E-state index in [0.29, 0.717) is 42.3 Å². The summed E-state index contributed by atoms with van der Waals surface area (Å²) in [5.74, 6) is -0.589. The van der Waals surface area contributed by atoms with Crippen molar-refractivity contribution in [2.45, 2.75) is 13.0 Å². The van der Waals surface area contributed by atoms with Gasteiger partial charge in [0, 0.05) is 26.2 Å². The molecule has 1 aliphatic rings. The van der Waals surface area contributed by atoms with Crippen molar-refractivity contribution >= 4 is 34.3 Å². The average molecular weight is 386 g/mol. The summed E-state index contributed by atoms with van der Waals surface area (Å²) in [5.41, 5.74) is 2.11. The Morgan fingerprint density at radius 2 is 1.70 bits per heavy atom. The fourth-order valence-electron chi connectivity index (χ4n) is 3.60. The van der Waals surface area contributed by atoms with E-state index in [0.717, 1.165) is 5.69 Å². The van der Waals surface area contributed by atoms with E-state index in [1.54, 1.807) is 30.0 Å². The molecule has 27 heavy (non-hydrogen) atoms. The third-order valence-electron chi connectivity index (χ3n) is 5.05. The van der Waals surface area contributed by atoms with E-state index >= 15 is 0 Å². The van der Waals surface area contributed by atoms with Gasteiger partial charge in [-0.15, -0.1) is 0 Å². The molecule has 1 atom stereocenters. The van der Waals surface area contributed by atoms with Gasteiger partial charge >= 0.3 is 5.76 Å². The molecular formula is C20H20ClN3O3. The summed E-state index contributed by atoms with van der Waals surface area (Å²) in [6, 6.07) is 14.2. The largest absolute Gasteiger partial charge is 0.420 e. The van der Waals surface area contributed by atoms with Crippen LogP contribution in [0, 0.1) is 0 Å². The Bertz CT molecular complexity index is 1030. The van der Waals surface area contributed by atoms with Crippen molar-refractivity contribution in [3.63, 3.8) is 0 Å². The topological polar surface area (TPSA) is 58.7 Å². The molecule has 0 aliphatic carbocycles. The maximum atomic E-state index is 13.0. The van der Waals surface area contributed by atoms with Crippen molar-refractivity contribution in [1.82, 2.24) is 9.47 Å². The quantitative estimate of drug-likeness (QED) is 0.695. The lowest BCUT2D eigenvalue weighted by molar-refractivity contribution is -0.134. The van der Waals surface area contributed by atoms with Crippen LogP contribution < -0.4 is 10.7 Å². The summed E-state index contributed by atoms with van der Waals surface area (Å²) < 4.78 is 6.69. The number of benzene rings is 2. The van der Waals surface area contributed by atoms with E-state index < -0.39 is 11.8 Å². The number of carbonyl (C=O) groups is 1. The minimum Gasteiger partial charge on any atom is -0.408 e. The highest BCUT2D eigenvalue weighted by Crippen LogP contribution is 2.26. The van der Waals surface area contributed by atoms with Crippen LogP contribution in [0.4, 0.5) is 5.69 Å². The van der Waals surface area contributed by atoms with Crippen LogP contribution in [0.15, 0.2) is 57.7 Å². The Labute approximate surface area is 161 Å². The molecule has 1 aromatic heterocycles. The van der Waals surface area contributed by atoms with Crippen molar-refractivity contribution in [2.75, 3.05) is 31.1 Å². The molecule has 1 aliphatic heterocycles. The van der Waals surface area contributed by atoms with Gasteiger partial charge in [0.1, 0.15) is 6.04 Å². The number of rotatable bonds is 3. The number of amides is 1. The number of para-hydroxylation sites is 3. The number of oxazole rings is 1. The van der Waals surface area contributed by atoms with Crippen molar-refractivity contribution in [3.05, 3.63) is 64.1 Å². The first kappa shape index (κ1) is 17.7. The highest BCUT2D eigenvalue weighted by Gasteiger charge is 2.28. The van der Waals surface area contributed by atoms with Crippen LogP contribution in [0.3, 0.4) is 0 Å². The zero-order valence-corrected chi connectivity index (χ0v) is 15.7. The molecule has 2 aromatic carbocycles. The lowest BCUT2D eigenvalue weighted by Crippen LogP contribution is -2.50. The summed E-state index contributed by atoms with van der Waals surface area (Å²) >= 11 is 6.28. The monoisotopic (exact) mass is 385 g/mol. The van der Waals surface area contributed by atoms with E-state index in [4.69, 9.17) is 16.0 Å². The third kappa shape index (κ3) is 3.21. The minimum absolute atomic E-state index is 0.0811. The van der Waals surface area contributed by atoms with Gasteiger partial charge in [-0.1, -0.05) is 35.9 Å². The summed E-state index contributed by atoms with van der Waals surface area (Å²) in [6.45, 7) is 4.30. The minimum atomic E-state index is -0.618. The molecule has 0 radical (unpaired) electrons. The first-order chi connectivity index (χ1) is 13.1. The summed E-state index contributed by atoms with van der Waals surface area (Å²) in [6.07, 6.45) is 0. The van der Waals surface area contributed by atoms with E-state index in [-0.39, 0.29) is 5.91 Å². The number of aromatic nitrogens is 1. The molecule has 140 valence electrons. The van der Waals surface area contributed by atoms with Crippen LogP contribution in [0.5, 0.6) is 0 Å². The standard InChI is InChI=1S/C20H20ClN3O3/c1-14(24-17-8-4-5-9-18(17)27-20(24)26)19(25)23-12-10-22(11-13-23)16-7-3-2-6-15(16)21/h2-9,14H,10-13H2,1H3. The Kier molecular flexibility index (Phi) is 4.66. The number of anilines is 1. The molecule has 2 heterocycles. The molecule has 0 saturated carbocycles. The predicted octanol–water partition coefficient (Wildman–Crippen LogP) is 3.16. The van der Waals surface area contributed by atoms with Gasteiger partial charge < -0.3 is 14.2 Å². The van der Waals surface area contributed by atoms with Gasteiger partial charge in [-0.05, 0) is 31.2 Å². The highest BCUT2D eigenvalue weighted by atomic mass is 35.5. The first-order valence-electron chi connectivity index (χ1n) is 8.94. The second kappa shape index (κ2) is 7.12. The van der Waals surface area contributed by atoms with Crippen molar-refractivity contribution in [3.8, 4) is 0 Å². The highest BCUT2D eigenvalue weighted by molar-refractivity contribution is 6.33. The third-order valence-corrected chi connectivity index (χ3v) is 5.37. The SMILES string of the molecule is CC(C(=O)N1CCN(c2ccccc2Cl)CC1)n1c(=O)oc2ccccc21. The predicted molar refractivity (Wildman–Crippen MR) is 105 cm³/mol. The van der Waals surface area contributed by atoms with Gasteiger partial charge in [-0.25, -0.2) is 4.79 Å². The van der Waals surface area contributed by atoms with Crippen LogP contribution in [0.1, 0.15) is 13.0 Å². The molecule has 1 unspecified atom stereocenters. The molecule has 7 heteroatoms. The van der Waals surface area contributed by atoms with Gasteiger partial charge in [0.25, 0.3) is 0 Å². The fraction of sp³-hybridized carbons (Fsp3) is 0.300. The van der Waals surface area contributed by atoms with Crippen LogP contribution in [-0.2, 0) is 4.79 Å². The maximum absolute atomic E-state index is 13.0. The molecule has 0 N–H and O–H groups in total. The van der Waals surface area contributed by atoms with E-state index in [1.165, 1.54) is 4.57 Å². The molecule has 6 nitrogen and oxygen atoms in total. The lowest BCUT2D eigenvalue weighted by atomic mass is 10.2. The van der Waals surface area contributed by atoms with E-state index in [2.05, 4.69) is 4.90 Å². The maximum Gasteiger partial charge on any atom is 0.420 e. The Balaban J connectivity index is 1.50.